The van der Waals surface area contributed by atoms with E-state index in [1.807, 2.05) is 25.1 Å². The van der Waals surface area contributed by atoms with Crippen LogP contribution in [-0.4, -0.2) is 10.2 Å². The van der Waals surface area contributed by atoms with Crippen LogP contribution in [0, 0.1) is 6.92 Å². The molecule has 16 heavy (non-hydrogen) atoms. The maximum absolute atomic E-state index is 5.46. The van der Waals surface area contributed by atoms with E-state index in [4.69, 9.17) is 5.73 Å². The lowest BCUT2D eigenvalue weighted by Crippen LogP contribution is -1.99. The molecule has 1 aromatic carbocycles. The molecule has 0 aliphatic rings. The van der Waals surface area contributed by atoms with Gasteiger partial charge in [-0.1, -0.05) is 15.9 Å². The van der Waals surface area contributed by atoms with E-state index >= 15 is 0 Å². The molecule has 0 aliphatic heterocycles. The fraction of sp³-hybridized carbons (Fsp3) is 0.0909. The van der Waals surface area contributed by atoms with E-state index in [2.05, 4.69) is 31.4 Å². The van der Waals surface area contributed by atoms with Gasteiger partial charge in [-0.3, -0.25) is 0 Å². The second-order valence-electron chi connectivity index (χ2n) is 3.43. The van der Waals surface area contributed by atoms with Crippen molar-refractivity contribution in [1.29, 1.82) is 0 Å². The van der Waals surface area contributed by atoms with E-state index in [0.717, 1.165) is 15.7 Å². The van der Waals surface area contributed by atoms with Gasteiger partial charge in [-0.15, -0.1) is 10.2 Å². The first kappa shape index (κ1) is 10.9. The second kappa shape index (κ2) is 4.49. The highest BCUT2D eigenvalue weighted by Gasteiger charge is 2.00. The molecule has 0 radical (unpaired) electrons. The lowest BCUT2D eigenvalue weighted by molar-refractivity contribution is 1.05. The van der Waals surface area contributed by atoms with Crippen molar-refractivity contribution in [1.82, 2.24) is 10.2 Å². The minimum absolute atomic E-state index is 0.415. The van der Waals surface area contributed by atoms with E-state index in [1.54, 1.807) is 12.1 Å². The van der Waals surface area contributed by atoms with E-state index in [1.165, 1.54) is 0 Å². The Hall–Kier alpha value is -1.62. The highest BCUT2D eigenvalue weighted by Crippen LogP contribution is 2.22. The summed E-state index contributed by atoms with van der Waals surface area (Å²) in [5.74, 6) is 1.10. The zero-order chi connectivity index (χ0) is 11.5. The van der Waals surface area contributed by atoms with Gasteiger partial charge in [0.25, 0.3) is 0 Å². The predicted molar refractivity (Wildman–Crippen MR) is 68.6 cm³/mol. The number of halogens is 1. The summed E-state index contributed by atoms with van der Waals surface area (Å²) in [5, 5.41) is 10.9. The molecule has 0 saturated carbocycles. The molecule has 5 heteroatoms. The maximum atomic E-state index is 5.46. The summed E-state index contributed by atoms with van der Waals surface area (Å²) < 4.78 is 1.05. The van der Waals surface area contributed by atoms with Crippen LogP contribution < -0.4 is 11.1 Å². The molecule has 82 valence electrons. The van der Waals surface area contributed by atoms with Crippen LogP contribution >= 0.6 is 15.9 Å². The summed E-state index contributed by atoms with van der Waals surface area (Å²) in [5.41, 5.74) is 7.60. The summed E-state index contributed by atoms with van der Waals surface area (Å²) in [6, 6.07) is 9.50. The van der Waals surface area contributed by atoms with Gasteiger partial charge in [0.05, 0.1) is 0 Å². The van der Waals surface area contributed by atoms with Crippen molar-refractivity contribution < 1.29 is 0 Å². The van der Waals surface area contributed by atoms with Crippen molar-refractivity contribution in [3.05, 3.63) is 40.4 Å². The summed E-state index contributed by atoms with van der Waals surface area (Å²) >= 11 is 3.42. The van der Waals surface area contributed by atoms with Crippen LogP contribution in [0.1, 0.15) is 5.56 Å². The molecule has 0 fully saturated rings. The topological polar surface area (TPSA) is 63.8 Å². The standard InChI is InChI=1S/C11H11BrN4/c1-7-6-8(12)2-3-9(7)14-11-5-4-10(13)15-16-11/h2-6H,1H3,(H2,13,15)(H,14,16). The highest BCUT2D eigenvalue weighted by atomic mass is 79.9. The second-order valence-corrected chi connectivity index (χ2v) is 4.34. The van der Waals surface area contributed by atoms with Gasteiger partial charge in [0.15, 0.2) is 5.82 Å². The predicted octanol–water partition coefficient (Wildman–Crippen LogP) is 2.87. The Kier molecular flexibility index (Phi) is 3.05. The average Bonchev–Trinajstić information content (AvgIpc) is 2.25. The number of hydrogen-bond donors (Lipinski definition) is 2. The molecule has 0 atom stereocenters. The Bertz CT molecular complexity index is 496. The van der Waals surface area contributed by atoms with Crippen LogP contribution in [0.2, 0.25) is 0 Å². The molecule has 0 aliphatic carbocycles. The van der Waals surface area contributed by atoms with Crippen molar-refractivity contribution in [2.75, 3.05) is 11.1 Å². The summed E-state index contributed by atoms with van der Waals surface area (Å²) in [6.07, 6.45) is 0. The molecule has 4 nitrogen and oxygen atoms in total. The Labute approximate surface area is 102 Å². The van der Waals surface area contributed by atoms with Gasteiger partial charge in [-0.25, -0.2) is 0 Å². The number of nitrogens with two attached hydrogens (primary N) is 1. The first-order valence-corrected chi connectivity index (χ1v) is 5.57. The van der Waals surface area contributed by atoms with Gasteiger partial charge in [-0.05, 0) is 42.8 Å². The molecule has 2 aromatic rings. The van der Waals surface area contributed by atoms with Crippen LogP contribution in [-0.2, 0) is 0 Å². The Morgan fingerprint density at radius 1 is 1.19 bits per heavy atom. The number of aromatic nitrogens is 2. The summed E-state index contributed by atoms with van der Waals surface area (Å²) in [4.78, 5) is 0. The van der Waals surface area contributed by atoms with Crippen molar-refractivity contribution in [3.8, 4) is 0 Å². The number of benzene rings is 1. The maximum Gasteiger partial charge on any atom is 0.153 e. The smallest absolute Gasteiger partial charge is 0.153 e. The summed E-state index contributed by atoms with van der Waals surface area (Å²) in [7, 11) is 0. The third kappa shape index (κ3) is 2.49. The molecule has 3 N–H and O–H groups in total. The molecule has 0 amide bonds. The first-order chi connectivity index (χ1) is 7.65. The van der Waals surface area contributed by atoms with E-state index in [9.17, 15) is 0 Å². The van der Waals surface area contributed by atoms with Crippen LogP contribution in [0.3, 0.4) is 0 Å². The van der Waals surface area contributed by atoms with E-state index < -0.39 is 0 Å². The van der Waals surface area contributed by atoms with Gasteiger partial charge in [0, 0.05) is 10.2 Å². The molecule has 0 unspecified atom stereocenters. The van der Waals surface area contributed by atoms with Gasteiger partial charge in [0.2, 0.25) is 0 Å². The number of anilines is 3. The Morgan fingerprint density at radius 2 is 2.00 bits per heavy atom. The van der Waals surface area contributed by atoms with Gasteiger partial charge in [0.1, 0.15) is 5.82 Å². The van der Waals surface area contributed by atoms with Crippen LogP contribution in [0.4, 0.5) is 17.3 Å². The van der Waals surface area contributed by atoms with Crippen LogP contribution in [0.25, 0.3) is 0 Å². The summed E-state index contributed by atoms with van der Waals surface area (Å²) in [6.45, 7) is 2.03. The largest absolute Gasteiger partial charge is 0.382 e. The van der Waals surface area contributed by atoms with Crippen LogP contribution in [0.5, 0.6) is 0 Å². The third-order valence-electron chi connectivity index (χ3n) is 2.14. The van der Waals surface area contributed by atoms with Gasteiger partial charge >= 0.3 is 0 Å². The van der Waals surface area contributed by atoms with Crippen molar-refractivity contribution >= 4 is 33.3 Å². The van der Waals surface area contributed by atoms with E-state index in [-0.39, 0.29) is 0 Å². The molecule has 0 saturated heterocycles. The molecule has 0 bridgehead atoms. The number of nitrogens with zero attached hydrogens (tertiary/aromatic N) is 2. The monoisotopic (exact) mass is 278 g/mol. The molecule has 0 spiro atoms. The van der Waals surface area contributed by atoms with Gasteiger partial charge in [-0.2, -0.15) is 0 Å². The van der Waals surface area contributed by atoms with Crippen LogP contribution in [0.15, 0.2) is 34.8 Å². The average molecular weight is 279 g/mol. The normalized spacial score (nSPS) is 10.1. The number of aryl methyl sites for hydroxylation is 1. The number of rotatable bonds is 2. The van der Waals surface area contributed by atoms with Crippen molar-refractivity contribution in [3.63, 3.8) is 0 Å². The highest BCUT2D eigenvalue weighted by molar-refractivity contribution is 9.10. The Balaban J connectivity index is 2.23. The number of hydrogen-bond acceptors (Lipinski definition) is 4. The van der Waals surface area contributed by atoms with Gasteiger partial charge < -0.3 is 11.1 Å². The lowest BCUT2D eigenvalue weighted by atomic mass is 10.2. The van der Waals surface area contributed by atoms with Crippen molar-refractivity contribution in [2.24, 2.45) is 0 Å². The fourth-order valence-corrected chi connectivity index (χ4v) is 1.79. The minimum atomic E-state index is 0.415. The SMILES string of the molecule is Cc1cc(Br)ccc1Nc1ccc(N)nn1. The molecule has 2 rings (SSSR count). The number of nitrogen functional groups attached to an aromatic ring is 1. The Morgan fingerprint density at radius 3 is 2.62 bits per heavy atom. The molecular formula is C11H11BrN4. The van der Waals surface area contributed by atoms with E-state index in [0.29, 0.717) is 11.6 Å². The molecular weight excluding hydrogens is 268 g/mol. The number of nitrogens with one attached hydrogen (secondary N) is 1. The molecule has 1 heterocycles. The zero-order valence-electron chi connectivity index (χ0n) is 8.74. The fourth-order valence-electron chi connectivity index (χ4n) is 1.31. The zero-order valence-corrected chi connectivity index (χ0v) is 10.3. The van der Waals surface area contributed by atoms with Crippen molar-refractivity contribution in [2.45, 2.75) is 6.92 Å². The molecule has 1 aromatic heterocycles. The third-order valence-corrected chi connectivity index (χ3v) is 2.63. The lowest BCUT2D eigenvalue weighted by Gasteiger charge is -2.08. The quantitative estimate of drug-likeness (QED) is 0.887. The first-order valence-electron chi connectivity index (χ1n) is 4.77. The minimum Gasteiger partial charge on any atom is -0.382 e.